The third kappa shape index (κ3) is 64.0. The standard InChI is InChI=1S/C73H118O6/c1-4-7-10-13-16-19-22-25-28-30-31-32-33-34-35-36-37-38-39-40-41-43-45-48-51-54-57-60-63-66-72(75)78-69-70(68-77-71(74)65-62-59-56-53-50-47-44-27-24-21-18-15-12-9-6-3)79-73(76)67-64-61-58-55-52-49-46-42-29-26-23-20-17-14-11-8-5-2/h7,9-10,12,16,18-19,21,25,27-28,31-32,34-35,37-38,40-41,44-45,48,54,57,70H,4-6,8,11,13-15,17,20,22-24,26,29-30,33,36,39,42-43,46-47,49-53,55-56,58-69H2,1-3H3/b10-7-,12-9-,19-16-,21-18-,28-25-,32-31-,35-34-,38-37-,41-40-,44-27-,48-45-,57-54-. The van der Waals surface area contributed by atoms with Gasteiger partial charge in [0.2, 0.25) is 0 Å². The van der Waals surface area contributed by atoms with Crippen molar-refractivity contribution in [3.05, 3.63) is 146 Å². The zero-order valence-electron chi connectivity index (χ0n) is 51.1. The van der Waals surface area contributed by atoms with E-state index in [0.29, 0.717) is 19.3 Å². The summed E-state index contributed by atoms with van der Waals surface area (Å²) in [5.74, 6) is -0.982. The third-order valence-corrected chi connectivity index (χ3v) is 13.3. The minimum atomic E-state index is -0.814. The summed E-state index contributed by atoms with van der Waals surface area (Å²) in [6.07, 6.45) is 94.3. The van der Waals surface area contributed by atoms with Crippen LogP contribution in [0.25, 0.3) is 0 Å². The Morgan fingerprint density at radius 1 is 0.266 bits per heavy atom. The van der Waals surface area contributed by atoms with E-state index in [2.05, 4.69) is 167 Å². The molecule has 0 saturated heterocycles. The number of rotatable bonds is 57. The molecule has 0 heterocycles. The van der Waals surface area contributed by atoms with Gasteiger partial charge in [-0.2, -0.15) is 0 Å². The van der Waals surface area contributed by atoms with E-state index < -0.39 is 6.10 Å². The minimum Gasteiger partial charge on any atom is -0.462 e. The van der Waals surface area contributed by atoms with E-state index in [1.165, 1.54) is 89.9 Å². The summed E-state index contributed by atoms with van der Waals surface area (Å²) in [6, 6.07) is 0. The first-order valence-corrected chi connectivity index (χ1v) is 32.3. The molecule has 0 radical (unpaired) electrons. The molecule has 79 heavy (non-hydrogen) atoms. The highest BCUT2D eigenvalue weighted by atomic mass is 16.6. The molecule has 0 rings (SSSR count). The fourth-order valence-corrected chi connectivity index (χ4v) is 8.58. The predicted molar refractivity (Wildman–Crippen MR) is 343 cm³/mol. The molecule has 0 aromatic rings. The molecule has 0 aliphatic carbocycles. The maximum atomic E-state index is 12.9. The second kappa shape index (κ2) is 65.8. The molecule has 0 aliphatic rings. The monoisotopic (exact) mass is 1090 g/mol. The molecular formula is C73H118O6. The number of unbranched alkanes of at least 4 members (excludes halogenated alkanes) is 22. The quantitative estimate of drug-likeness (QED) is 0.0261. The number of allylic oxidation sites excluding steroid dienone is 24. The first kappa shape index (κ1) is 74.3. The molecule has 0 N–H and O–H groups in total. The van der Waals surface area contributed by atoms with E-state index in [9.17, 15) is 14.4 Å². The van der Waals surface area contributed by atoms with Crippen LogP contribution in [-0.2, 0) is 28.6 Å². The minimum absolute atomic E-state index is 0.108. The lowest BCUT2D eigenvalue weighted by Gasteiger charge is -2.18. The molecule has 446 valence electrons. The van der Waals surface area contributed by atoms with Gasteiger partial charge in [0.05, 0.1) is 0 Å². The van der Waals surface area contributed by atoms with E-state index in [1.54, 1.807) is 0 Å². The summed E-state index contributed by atoms with van der Waals surface area (Å²) in [4.78, 5) is 38.3. The van der Waals surface area contributed by atoms with Crippen LogP contribution in [0.3, 0.4) is 0 Å². The normalized spacial score (nSPS) is 13.1. The first-order valence-electron chi connectivity index (χ1n) is 32.3. The van der Waals surface area contributed by atoms with Gasteiger partial charge in [0, 0.05) is 19.3 Å². The summed E-state index contributed by atoms with van der Waals surface area (Å²) in [5, 5.41) is 0. The van der Waals surface area contributed by atoms with Crippen LogP contribution in [-0.4, -0.2) is 37.2 Å². The van der Waals surface area contributed by atoms with Crippen LogP contribution < -0.4 is 0 Å². The number of esters is 3. The Balaban J connectivity index is 4.47. The van der Waals surface area contributed by atoms with Crippen molar-refractivity contribution in [3.63, 3.8) is 0 Å². The van der Waals surface area contributed by atoms with Crippen LogP contribution in [0.1, 0.15) is 278 Å². The lowest BCUT2D eigenvalue weighted by molar-refractivity contribution is -0.167. The highest BCUT2D eigenvalue weighted by Gasteiger charge is 2.19. The second-order valence-corrected chi connectivity index (χ2v) is 20.9. The van der Waals surface area contributed by atoms with E-state index in [0.717, 1.165) is 141 Å². The summed E-state index contributed by atoms with van der Waals surface area (Å²) in [6.45, 7) is 6.36. The Bertz CT molecular complexity index is 1730. The lowest BCUT2D eigenvalue weighted by Crippen LogP contribution is -2.30. The first-order chi connectivity index (χ1) is 39.0. The van der Waals surface area contributed by atoms with E-state index in [-0.39, 0.29) is 37.5 Å². The molecule has 0 bridgehead atoms. The molecule has 0 amide bonds. The van der Waals surface area contributed by atoms with Crippen LogP contribution in [0, 0.1) is 0 Å². The van der Waals surface area contributed by atoms with E-state index in [4.69, 9.17) is 14.2 Å². The smallest absolute Gasteiger partial charge is 0.306 e. The van der Waals surface area contributed by atoms with Gasteiger partial charge < -0.3 is 14.2 Å². The fourth-order valence-electron chi connectivity index (χ4n) is 8.58. The van der Waals surface area contributed by atoms with Gasteiger partial charge in [-0.25, -0.2) is 0 Å². The summed E-state index contributed by atoms with van der Waals surface area (Å²) >= 11 is 0. The molecule has 0 aromatic heterocycles. The van der Waals surface area contributed by atoms with Crippen molar-refractivity contribution in [1.82, 2.24) is 0 Å². The Hall–Kier alpha value is -4.71. The van der Waals surface area contributed by atoms with Crippen LogP contribution >= 0.6 is 0 Å². The zero-order chi connectivity index (χ0) is 57.1. The van der Waals surface area contributed by atoms with E-state index >= 15 is 0 Å². The Labute approximate surface area is 487 Å². The highest BCUT2D eigenvalue weighted by molar-refractivity contribution is 5.71. The largest absolute Gasteiger partial charge is 0.462 e. The van der Waals surface area contributed by atoms with Gasteiger partial charge in [-0.15, -0.1) is 0 Å². The summed E-state index contributed by atoms with van der Waals surface area (Å²) in [7, 11) is 0. The maximum absolute atomic E-state index is 12.9. The van der Waals surface area contributed by atoms with Gasteiger partial charge in [0.25, 0.3) is 0 Å². The second-order valence-electron chi connectivity index (χ2n) is 20.9. The number of carbonyl (C=O) groups is 3. The maximum Gasteiger partial charge on any atom is 0.306 e. The van der Waals surface area contributed by atoms with Gasteiger partial charge in [-0.1, -0.05) is 289 Å². The fraction of sp³-hybridized carbons (Fsp3) is 0.630. The number of hydrogen-bond donors (Lipinski definition) is 0. The van der Waals surface area contributed by atoms with E-state index in [1.807, 2.05) is 0 Å². The van der Waals surface area contributed by atoms with Crippen LogP contribution in [0.5, 0.6) is 0 Å². The van der Waals surface area contributed by atoms with Crippen molar-refractivity contribution in [2.45, 2.75) is 284 Å². The molecule has 0 aliphatic heterocycles. The Morgan fingerprint density at radius 2 is 0.506 bits per heavy atom. The van der Waals surface area contributed by atoms with Crippen molar-refractivity contribution in [3.8, 4) is 0 Å². The molecule has 6 heteroatoms. The van der Waals surface area contributed by atoms with Crippen molar-refractivity contribution in [2.24, 2.45) is 0 Å². The third-order valence-electron chi connectivity index (χ3n) is 13.3. The van der Waals surface area contributed by atoms with Crippen molar-refractivity contribution in [2.75, 3.05) is 13.2 Å². The van der Waals surface area contributed by atoms with Crippen molar-refractivity contribution >= 4 is 17.9 Å². The number of hydrogen-bond acceptors (Lipinski definition) is 6. The van der Waals surface area contributed by atoms with Gasteiger partial charge in [-0.3, -0.25) is 14.4 Å². The molecule has 0 aromatic carbocycles. The molecule has 0 saturated carbocycles. The Kier molecular flexibility index (Phi) is 61.9. The molecule has 0 fully saturated rings. The summed E-state index contributed by atoms with van der Waals surface area (Å²) < 4.78 is 16.9. The average molecular weight is 1090 g/mol. The molecule has 1 unspecified atom stereocenters. The predicted octanol–water partition coefficient (Wildman–Crippen LogP) is 22.3. The molecule has 6 nitrogen and oxygen atoms in total. The zero-order valence-corrected chi connectivity index (χ0v) is 51.1. The molecular weight excluding hydrogens is 973 g/mol. The summed E-state index contributed by atoms with van der Waals surface area (Å²) in [5.41, 5.74) is 0. The van der Waals surface area contributed by atoms with Gasteiger partial charge >= 0.3 is 17.9 Å². The average Bonchev–Trinajstić information content (AvgIpc) is 3.45. The van der Waals surface area contributed by atoms with Crippen LogP contribution in [0.15, 0.2) is 146 Å². The van der Waals surface area contributed by atoms with Crippen LogP contribution in [0.4, 0.5) is 0 Å². The van der Waals surface area contributed by atoms with Gasteiger partial charge in [-0.05, 0) is 116 Å². The topological polar surface area (TPSA) is 78.9 Å². The van der Waals surface area contributed by atoms with Gasteiger partial charge in [0.1, 0.15) is 13.2 Å². The SMILES string of the molecule is CC/C=C\C/C=C\C/C=C\C/C=C\C/C=C\C/C=C\C/C=C\C/C=C\C/C=C\CCCC(=O)OCC(COC(=O)CCCCCCC/C=C\C/C=C\C/C=C\CC)OC(=O)CCCCCCCCCCCCCCCCCCC. The highest BCUT2D eigenvalue weighted by Crippen LogP contribution is 2.16. The number of carbonyl (C=O) groups excluding carboxylic acids is 3. The van der Waals surface area contributed by atoms with Crippen LogP contribution in [0.2, 0.25) is 0 Å². The number of ether oxygens (including phenoxy) is 3. The lowest BCUT2D eigenvalue weighted by atomic mass is 10.0. The van der Waals surface area contributed by atoms with Crippen molar-refractivity contribution in [1.29, 1.82) is 0 Å². The Morgan fingerprint density at radius 3 is 0.823 bits per heavy atom. The molecule has 0 spiro atoms. The van der Waals surface area contributed by atoms with Crippen molar-refractivity contribution < 1.29 is 28.6 Å². The van der Waals surface area contributed by atoms with Gasteiger partial charge in [0.15, 0.2) is 6.10 Å². The molecule has 1 atom stereocenters.